The first-order chi connectivity index (χ1) is 16.2. The van der Waals surface area contributed by atoms with Crippen LogP contribution >= 0.6 is 0 Å². The summed E-state index contributed by atoms with van der Waals surface area (Å²) in [5.74, 6) is -1.01. The first-order valence-electron chi connectivity index (χ1n) is 11.8. The summed E-state index contributed by atoms with van der Waals surface area (Å²) in [6.07, 6.45) is 0.941. The molecule has 0 aromatic heterocycles. The summed E-state index contributed by atoms with van der Waals surface area (Å²) in [5, 5.41) is 2.92. The summed E-state index contributed by atoms with van der Waals surface area (Å²) in [4.78, 5) is 54.3. The van der Waals surface area contributed by atoms with Gasteiger partial charge in [-0.2, -0.15) is 0 Å². The highest BCUT2D eigenvalue weighted by atomic mass is 16.2. The van der Waals surface area contributed by atoms with E-state index in [-0.39, 0.29) is 42.6 Å². The Hall–Kier alpha value is -3.48. The number of hydrogen-bond acceptors (Lipinski definition) is 4. The molecule has 1 N–H and O–H groups in total. The lowest BCUT2D eigenvalue weighted by Crippen LogP contribution is -2.50. The molecule has 0 aliphatic carbocycles. The number of rotatable bonds is 10. The van der Waals surface area contributed by atoms with Crippen molar-refractivity contribution in [1.29, 1.82) is 0 Å². The van der Waals surface area contributed by atoms with Crippen LogP contribution in [-0.4, -0.2) is 52.1 Å². The summed E-state index contributed by atoms with van der Waals surface area (Å²) < 4.78 is 0. The van der Waals surface area contributed by atoms with Gasteiger partial charge in [0.05, 0.1) is 11.1 Å². The summed E-state index contributed by atoms with van der Waals surface area (Å²) in [6, 6.07) is 13.9. The van der Waals surface area contributed by atoms with Crippen molar-refractivity contribution < 1.29 is 19.2 Å². The van der Waals surface area contributed by atoms with Gasteiger partial charge in [0.1, 0.15) is 6.04 Å². The molecule has 2 aromatic rings. The van der Waals surface area contributed by atoms with Crippen molar-refractivity contribution in [2.75, 3.05) is 6.54 Å². The van der Waals surface area contributed by atoms with Crippen molar-refractivity contribution in [2.24, 2.45) is 0 Å². The lowest BCUT2D eigenvalue weighted by Gasteiger charge is -2.32. The molecule has 7 nitrogen and oxygen atoms in total. The van der Waals surface area contributed by atoms with Crippen LogP contribution in [-0.2, 0) is 16.1 Å². The largest absolute Gasteiger partial charge is 0.352 e. The van der Waals surface area contributed by atoms with Gasteiger partial charge in [-0.3, -0.25) is 24.1 Å². The quantitative estimate of drug-likeness (QED) is 0.545. The Morgan fingerprint density at radius 1 is 0.971 bits per heavy atom. The Morgan fingerprint density at radius 2 is 1.56 bits per heavy atom. The van der Waals surface area contributed by atoms with Crippen LogP contribution in [0.15, 0.2) is 48.5 Å². The molecule has 0 radical (unpaired) electrons. The number of fused-ring (bicyclic) bond motifs is 1. The third-order valence-corrected chi connectivity index (χ3v) is 6.07. The Morgan fingerprint density at radius 3 is 2.12 bits per heavy atom. The Kier molecular flexibility index (Phi) is 8.21. The van der Waals surface area contributed by atoms with Gasteiger partial charge in [0.25, 0.3) is 11.8 Å². The number of imide groups is 1. The van der Waals surface area contributed by atoms with Crippen LogP contribution in [0.4, 0.5) is 0 Å². The van der Waals surface area contributed by atoms with E-state index in [0.717, 1.165) is 11.1 Å². The topological polar surface area (TPSA) is 86.8 Å². The third-order valence-electron chi connectivity index (χ3n) is 6.07. The Bertz CT molecular complexity index is 1040. The zero-order valence-corrected chi connectivity index (χ0v) is 20.3. The SMILES string of the molecule is CCC(C(=O)NC(C)C)N(Cc1ccccc1C)C(=O)CCCN1C(=O)c2ccccc2C1=O. The van der Waals surface area contributed by atoms with Gasteiger partial charge in [-0.15, -0.1) is 0 Å². The van der Waals surface area contributed by atoms with Crippen LogP contribution in [0.1, 0.15) is 71.9 Å². The second-order valence-corrected chi connectivity index (χ2v) is 8.95. The van der Waals surface area contributed by atoms with Crippen LogP contribution in [0, 0.1) is 6.92 Å². The Labute approximate surface area is 201 Å². The van der Waals surface area contributed by atoms with Gasteiger partial charge in [-0.05, 0) is 56.9 Å². The van der Waals surface area contributed by atoms with Crippen LogP contribution in [0.3, 0.4) is 0 Å². The molecule has 2 aromatic carbocycles. The summed E-state index contributed by atoms with van der Waals surface area (Å²) in [5.41, 5.74) is 2.82. The van der Waals surface area contributed by atoms with Gasteiger partial charge in [0.15, 0.2) is 0 Å². The van der Waals surface area contributed by atoms with E-state index in [9.17, 15) is 19.2 Å². The number of amides is 4. The maximum absolute atomic E-state index is 13.4. The van der Waals surface area contributed by atoms with Gasteiger partial charge >= 0.3 is 0 Å². The maximum atomic E-state index is 13.4. The fourth-order valence-electron chi connectivity index (χ4n) is 4.25. The number of nitrogens with zero attached hydrogens (tertiary/aromatic N) is 2. The molecule has 0 saturated carbocycles. The number of carbonyl (C=O) groups excluding carboxylic acids is 4. The first-order valence-corrected chi connectivity index (χ1v) is 11.8. The number of hydrogen-bond donors (Lipinski definition) is 1. The van der Waals surface area contributed by atoms with Gasteiger partial charge in [-0.25, -0.2) is 0 Å². The highest BCUT2D eigenvalue weighted by Gasteiger charge is 2.35. The van der Waals surface area contributed by atoms with E-state index in [0.29, 0.717) is 30.5 Å². The lowest BCUT2D eigenvalue weighted by molar-refractivity contribution is -0.141. The molecular weight excluding hydrogens is 430 g/mol. The summed E-state index contributed by atoms with van der Waals surface area (Å²) in [6.45, 7) is 8.13. The molecule has 1 heterocycles. The zero-order valence-electron chi connectivity index (χ0n) is 20.3. The van der Waals surface area contributed by atoms with E-state index in [1.807, 2.05) is 52.0 Å². The maximum Gasteiger partial charge on any atom is 0.261 e. The number of benzene rings is 2. The van der Waals surface area contributed by atoms with Crippen molar-refractivity contribution in [3.63, 3.8) is 0 Å². The Balaban J connectivity index is 1.72. The van der Waals surface area contributed by atoms with Gasteiger partial charge < -0.3 is 10.2 Å². The van der Waals surface area contributed by atoms with Crippen LogP contribution in [0.2, 0.25) is 0 Å². The van der Waals surface area contributed by atoms with E-state index >= 15 is 0 Å². The average molecular weight is 464 g/mol. The molecule has 0 spiro atoms. The van der Waals surface area contributed by atoms with Crippen LogP contribution in [0.25, 0.3) is 0 Å². The van der Waals surface area contributed by atoms with Gasteiger partial charge in [0.2, 0.25) is 11.8 Å². The molecular formula is C27H33N3O4. The molecule has 1 atom stereocenters. The molecule has 0 fully saturated rings. The van der Waals surface area contributed by atoms with E-state index in [2.05, 4.69) is 5.32 Å². The average Bonchev–Trinajstić information content (AvgIpc) is 3.04. The number of carbonyl (C=O) groups is 4. The second kappa shape index (κ2) is 11.1. The third kappa shape index (κ3) is 5.53. The minimum atomic E-state index is -0.603. The lowest BCUT2D eigenvalue weighted by atomic mass is 10.0. The van der Waals surface area contributed by atoms with Crippen molar-refractivity contribution in [3.8, 4) is 0 Å². The fourth-order valence-corrected chi connectivity index (χ4v) is 4.25. The van der Waals surface area contributed by atoms with E-state index < -0.39 is 6.04 Å². The van der Waals surface area contributed by atoms with Gasteiger partial charge in [-0.1, -0.05) is 43.3 Å². The molecule has 0 saturated heterocycles. The van der Waals surface area contributed by atoms with Crippen molar-refractivity contribution >= 4 is 23.6 Å². The molecule has 1 unspecified atom stereocenters. The predicted molar refractivity (Wildman–Crippen MR) is 130 cm³/mol. The first kappa shape index (κ1) is 25.1. The monoisotopic (exact) mass is 463 g/mol. The molecule has 4 amide bonds. The van der Waals surface area contributed by atoms with Crippen molar-refractivity contribution in [2.45, 2.75) is 65.6 Å². The highest BCUT2D eigenvalue weighted by molar-refractivity contribution is 6.21. The molecule has 180 valence electrons. The molecule has 0 bridgehead atoms. The molecule has 1 aliphatic heterocycles. The molecule has 7 heteroatoms. The second-order valence-electron chi connectivity index (χ2n) is 8.95. The molecule has 3 rings (SSSR count). The normalized spacial score (nSPS) is 13.7. The predicted octanol–water partition coefficient (Wildman–Crippen LogP) is 3.70. The smallest absolute Gasteiger partial charge is 0.261 e. The minimum absolute atomic E-state index is 0.0363. The number of nitrogens with one attached hydrogen (secondary N) is 1. The number of aryl methyl sites for hydroxylation is 1. The van der Waals surface area contributed by atoms with Crippen molar-refractivity contribution in [3.05, 3.63) is 70.8 Å². The summed E-state index contributed by atoms with van der Waals surface area (Å²) in [7, 11) is 0. The molecule has 34 heavy (non-hydrogen) atoms. The minimum Gasteiger partial charge on any atom is -0.352 e. The van der Waals surface area contributed by atoms with Crippen molar-refractivity contribution in [1.82, 2.24) is 15.1 Å². The van der Waals surface area contributed by atoms with E-state index in [1.165, 1.54) is 4.90 Å². The van der Waals surface area contributed by atoms with E-state index in [4.69, 9.17) is 0 Å². The fraction of sp³-hybridized carbons (Fsp3) is 0.407. The standard InChI is InChI=1S/C27H33N3O4/c1-5-23(25(32)28-18(2)3)30(17-20-12-7-6-11-19(20)4)24(31)15-10-16-29-26(33)21-13-8-9-14-22(21)27(29)34/h6-9,11-14,18,23H,5,10,15-17H2,1-4H3,(H,28,32). The zero-order chi connectivity index (χ0) is 24.8. The summed E-state index contributed by atoms with van der Waals surface area (Å²) >= 11 is 0. The van der Waals surface area contributed by atoms with Crippen LogP contribution in [0.5, 0.6) is 0 Å². The highest BCUT2D eigenvalue weighted by Crippen LogP contribution is 2.23. The van der Waals surface area contributed by atoms with Crippen LogP contribution < -0.4 is 5.32 Å². The molecule has 1 aliphatic rings. The van der Waals surface area contributed by atoms with Gasteiger partial charge in [0, 0.05) is 25.6 Å². The van der Waals surface area contributed by atoms with E-state index in [1.54, 1.807) is 29.2 Å².